The summed E-state index contributed by atoms with van der Waals surface area (Å²) in [4.78, 5) is 6.40. The molecule has 9 aromatic rings. The van der Waals surface area contributed by atoms with Gasteiger partial charge in [0.2, 0.25) is 0 Å². The van der Waals surface area contributed by atoms with Gasteiger partial charge in [-0.05, 0) is 116 Å². The monoisotopic (exact) mass is 796 g/mol. The van der Waals surface area contributed by atoms with Crippen LogP contribution < -0.4 is 4.90 Å². The maximum absolute atomic E-state index is 3.92. The fraction of sp³-hybridized carbons (Fsp3) is 0.133. The number of hydrogen-bond acceptors (Lipinski definition) is 1. The van der Waals surface area contributed by atoms with Crippen molar-refractivity contribution in [1.29, 1.82) is 0 Å². The first-order chi connectivity index (χ1) is 30.3. The molecule has 3 aliphatic carbocycles. The van der Waals surface area contributed by atoms with E-state index in [1.807, 2.05) is 0 Å². The van der Waals surface area contributed by atoms with Crippen LogP contribution in [0, 0.1) is 0 Å². The van der Waals surface area contributed by atoms with Gasteiger partial charge in [-0.25, -0.2) is 0 Å². The van der Waals surface area contributed by atoms with Gasteiger partial charge in [0.05, 0.1) is 11.2 Å². The SMILES string of the molecule is CC1(C)C2=C(C=CCC2)c2ccc(N(c3ccc(-c4cccc5c4ccc4c(-c6ccccc6)c(-c6ccccc6)[nH]c45)cc3)c3ccc4c(c3)C(C)(C)c3ccccc3-4)cc21. The average Bonchev–Trinajstić information content (AvgIpc) is 3.90. The van der Waals surface area contributed by atoms with E-state index in [0.29, 0.717) is 0 Å². The topological polar surface area (TPSA) is 19.0 Å². The molecule has 62 heavy (non-hydrogen) atoms. The van der Waals surface area contributed by atoms with Gasteiger partial charge in [-0.15, -0.1) is 0 Å². The highest BCUT2D eigenvalue weighted by molar-refractivity contribution is 6.17. The van der Waals surface area contributed by atoms with E-state index in [1.165, 1.54) is 94.3 Å². The lowest BCUT2D eigenvalue weighted by molar-refractivity contribution is 0.607. The minimum Gasteiger partial charge on any atom is -0.353 e. The minimum absolute atomic E-state index is 0.0226. The normalized spacial score (nSPS) is 15.4. The number of nitrogens with one attached hydrogen (secondary N) is 1. The van der Waals surface area contributed by atoms with Crippen LogP contribution in [0.4, 0.5) is 17.1 Å². The Kier molecular flexibility index (Phi) is 8.09. The smallest absolute Gasteiger partial charge is 0.0545 e. The quantitative estimate of drug-likeness (QED) is 0.178. The zero-order valence-electron chi connectivity index (χ0n) is 35.8. The number of H-pyrrole nitrogens is 1. The lowest BCUT2D eigenvalue weighted by Crippen LogP contribution is -2.19. The Balaban J connectivity index is 0.989. The summed E-state index contributed by atoms with van der Waals surface area (Å²) in [5.41, 5.74) is 23.0. The molecule has 3 aliphatic rings. The van der Waals surface area contributed by atoms with Crippen LogP contribution in [-0.4, -0.2) is 4.98 Å². The van der Waals surface area contributed by atoms with Gasteiger partial charge in [0.25, 0.3) is 0 Å². The van der Waals surface area contributed by atoms with E-state index in [1.54, 1.807) is 5.57 Å². The molecule has 0 fully saturated rings. The van der Waals surface area contributed by atoms with Gasteiger partial charge < -0.3 is 9.88 Å². The molecule has 0 saturated carbocycles. The zero-order chi connectivity index (χ0) is 41.7. The first kappa shape index (κ1) is 36.7. The second-order valence-electron chi connectivity index (χ2n) is 18.5. The van der Waals surface area contributed by atoms with E-state index in [2.05, 4.69) is 226 Å². The minimum atomic E-state index is -0.102. The van der Waals surface area contributed by atoms with Gasteiger partial charge in [0, 0.05) is 44.2 Å². The molecule has 1 N–H and O–H groups in total. The summed E-state index contributed by atoms with van der Waals surface area (Å²) in [5.74, 6) is 0. The first-order valence-corrected chi connectivity index (χ1v) is 22.2. The van der Waals surface area contributed by atoms with Crippen molar-refractivity contribution in [1.82, 2.24) is 4.98 Å². The summed E-state index contributed by atoms with van der Waals surface area (Å²) in [6.07, 6.45) is 6.95. The third kappa shape index (κ3) is 5.42. The van der Waals surface area contributed by atoms with Crippen LogP contribution in [0.15, 0.2) is 194 Å². The number of nitrogens with zero attached hydrogens (tertiary/aromatic N) is 1. The second kappa shape index (κ2) is 13.7. The molecule has 0 saturated heterocycles. The highest BCUT2D eigenvalue weighted by Crippen LogP contribution is 2.54. The van der Waals surface area contributed by atoms with E-state index in [9.17, 15) is 0 Å². The molecule has 0 amide bonds. The Hall–Kier alpha value is -7.16. The van der Waals surface area contributed by atoms with E-state index in [4.69, 9.17) is 0 Å². The molecule has 298 valence electrons. The number of aromatic amines is 1. The first-order valence-electron chi connectivity index (χ1n) is 22.2. The van der Waals surface area contributed by atoms with Crippen molar-refractivity contribution in [3.8, 4) is 44.6 Å². The number of rotatable bonds is 6. The molecule has 0 radical (unpaired) electrons. The summed E-state index contributed by atoms with van der Waals surface area (Å²) < 4.78 is 0. The van der Waals surface area contributed by atoms with Crippen LogP contribution in [-0.2, 0) is 10.8 Å². The van der Waals surface area contributed by atoms with Crippen LogP contribution in [0.1, 0.15) is 62.8 Å². The molecule has 2 heteroatoms. The largest absolute Gasteiger partial charge is 0.353 e. The van der Waals surface area contributed by atoms with Crippen LogP contribution in [0.3, 0.4) is 0 Å². The van der Waals surface area contributed by atoms with Crippen molar-refractivity contribution in [2.75, 3.05) is 4.90 Å². The highest BCUT2D eigenvalue weighted by atomic mass is 15.1. The maximum Gasteiger partial charge on any atom is 0.0545 e. The lowest BCUT2D eigenvalue weighted by Gasteiger charge is -2.30. The van der Waals surface area contributed by atoms with Gasteiger partial charge in [-0.1, -0.05) is 185 Å². The molecule has 1 heterocycles. The third-order valence-electron chi connectivity index (χ3n) is 14.4. The van der Waals surface area contributed by atoms with E-state index < -0.39 is 0 Å². The highest BCUT2D eigenvalue weighted by Gasteiger charge is 2.39. The molecule has 0 spiro atoms. The van der Waals surface area contributed by atoms with Crippen molar-refractivity contribution in [3.63, 3.8) is 0 Å². The number of anilines is 3. The Morgan fingerprint density at radius 1 is 0.452 bits per heavy atom. The molecule has 1 aromatic heterocycles. The third-order valence-corrected chi connectivity index (χ3v) is 14.4. The zero-order valence-corrected chi connectivity index (χ0v) is 35.8. The molecule has 0 bridgehead atoms. The molecular formula is C60H48N2. The number of allylic oxidation sites excluding steroid dienone is 4. The lowest BCUT2D eigenvalue weighted by atomic mass is 9.78. The molecule has 0 aliphatic heterocycles. The van der Waals surface area contributed by atoms with Crippen LogP contribution >= 0.6 is 0 Å². The van der Waals surface area contributed by atoms with Gasteiger partial charge >= 0.3 is 0 Å². The van der Waals surface area contributed by atoms with Crippen molar-refractivity contribution in [3.05, 3.63) is 216 Å². The van der Waals surface area contributed by atoms with Crippen molar-refractivity contribution >= 4 is 44.3 Å². The predicted molar refractivity (Wildman–Crippen MR) is 263 cm³/mol. The number of hydrogen-bond donors (Lipinski definition) is 1. The molecular weight excluding hydrogens is 749 g/mol. The van der Waals surface area contributed by atoms with Crippen LogP contribution in [0.5, 0.6) is 0 Å². The maximum atomic E-state index is 3.92. The van der Waals surface area contributed by atoms with Crippen LogP contribution in [0.2, 0.25) is 0 Å². The van der Waals surface area contributed by atoms with E-state index >= 15 is 0 Å². The number of benzene rings is 8. The summed E-state index contributed by atoms with van der Waals surface area (Å²) in [6, 6.07) is 65.4. The predicted octanol–water partition coefficient (Wildman–Crippen LogP) is 16.5. The van der Waals surface area contributed by atoms with Gasteiger partial charge in [0.1, 0.15) is 0 Å². The molecule has 8 aromatic carbocycles. The molecule has 12 rings (SSSR count). The fourth-order valence-electron chi connectivity index (χ4n) is 11.2. The summed E-state index contributed by atoms with van der Waals surface area (Å²) in [6.45, 7) is 9.58. The fourth-order valence-corrected chi connectivity index (χ4v) is 11.2. The molecule has 0 atom stereocenters. The van der Waals surface area contributed by atoms with Crippen molar-refractivity contribution < 1.29 is 0 Å². The van der Waals surface area contributed by atoms with Gasteiger partial charge in [0.15, 0.2) is 0 Å². The Bertz CT molecular complexity index is 3320. The van der Waals surface area contributed by atoms with E-state index in [0.717, 1.165) is 29.7 Å². The molecule has 2 nitrogen and oxygen atoms in total. The summed E-state index contributed by atoms with van der Waals surface area (Å²) >= 11 is 0. The van der Waals surface area contributed by atoms with E-state index in [-0.39, 0.29) is 10.8 Å². The van der Waals surface area contributed by atoms with Crippen molar-refractivity contribution in [2.45, 2.75) is 51.4 Å². The number of aromatic nitrogens is 1. The van der Waals surface area contributed by atoms with Gasteiger partial charge in [-0.2, -0.15) is 0 Å². The standard InChI is InChI=1S/C60H48N2/c1-59(2)52-24-13-11-20-46(52)48-32-30-42(36-54(48)59)62(43-31-33-49-47-21-12-14-25-53(47)60(3,4)55(49)37-43)41-28-26-38(27-29-41)44-22-15-23-50-45(44)34-35-51-56(39-16-7-5-8-17-39)57(61-58(50)51)40-18-9-6-10-19-40/h5-13,15-24,26-37,61H,14,25H2,1-4H3. The average molecular weight is 797 g/mol. The summed E-state index contributed by atoms with van der Waals surface area (Å²) in [7, 11) is 0. The van der Waals surface area contributed by atoms with Crippen LogP contribution in [0.25, 0.3) is 71.9 Å². The Morgan fingerprint density at radius 2 is 1.06 bits per heavy atom. The van der Waals surface area contributed by atoms with Crippen molar-refractivity contribution in [2.24, 2.45) is 0 Å². The summed E-state index contributed by atoms with van der Waals surface area (Å²) in [5, 5.41) is 3.69. The molecule has 0 unspecified atom stereocenters. The van der Waals surface area contributed by atoms with Gasteiger partial charge in [-0.3, -0.25) is 0 Å². The Morgan fingerprint density at radius 3 is 1.82 bits per heavy atom. The number of fused-ring (bicyclic) bond motifs is 8. The Labute approximate surface area is 364 Å². The second-order valence-corrected chi connectivity index (χ2v) is 18.5.